The summed E-state index contributed by atoms with van der Waals surface area (Å²) in [7, 11) is 0. The Labute approximate surface area is 119 Å². The fourth-order valence-corrected chi connectivity index (χ4v) is 2.99. The summed E-state index contributed by atoms with van der Waals surface area (Å²) in [4.78, 5) is 25.7. The van der Waals surface area contributed by atoms with E-state index in [4.69, 9.17) is 5.11 Å². The number of aliphatic carboxylic acids is 1. The van der Waals surface area contributed by atoms with Gasteiger partial charge in [0.15, 0.2) is 5.69 Å². The second-order valence-electron chi connectivity index (χ2n) is 4.72. The number of carboxylic acid groups (broad SMARTS) is 1. The van der Waals surface area contributed by atoms with E-state index < -0.39 is 11.9 Å². The zero-order valence-corrected chi connectivity index (χ0v) is 11.4. The van der Waals surface area contributed by atoms with Crippen LogP contribution in [0.5, 0.6) is 0 Å². The Morgan fingerprint density at radius 3 is 3.00 bits per heavy atom. The number of aromatic nitrogens is 2. The number of amides is 1. The Morgan fingerprint density at radius 1 is 1.50 bits per heavy atom. The third-order valence-corrected chi connectivity index (χ3v) is 4.31. The van der Waals surface area contributed by atoms with Gasteiger partial charge in [-0.1, -0.05) is 6.07 Å². The quantitative estimate of drug-likeness (QED) is 0.901. The van der Waals surface area contributed by atoms with Crippen LogP contribution in [0, 0.1) is 5.92 Å². The normalized spacial score (nSPS) is 18.4. The number of hydrogen-bond acceptors (Lipinski definition) is 4. The fourth-order valence-electron chi connectivity index (χ4n) is 2.30. The molecule has 1 saturated heterocycles. The number of hydrogen-bond donors (Lipinski definition) is 2. The van der Waals surface area contributed by atoms with Crippen molar-refractivity contribution in [3.63, 3.8) is 0 Å². The van der Waals surface area contributed by atoms with E-state index in [1.807, 2.05) is 17.5 Å². The van der Waals surface area contributed by atoms with Crippen molar-refractivity contribution in [2.75, 3.05) is 13.1 Å². The Hall–Kier alpha value is -2.15. The van der Waals surface area contributed by atoms with Crippen molar-refractivity contribution in [3.8, 4) is 10.6 Å². The molecule has 2 aromatic heterocycles. The van der Waals surface area contributed by atoms with E-state index in [9.17, 15) is 9.59 Å². The second kappa shape index (κ2) is 5.09. The first-order valence-electron chi connectivity index (χ1n) is 6.26. The monoisotopic (exact) mass is 291 g/mol. The van der Waals surface area contributed by atoms with E-state index in [1.165, 1.54) is 0 Å². The molecule has 3 rings (SSSR count). The molecule has 0 saturated carbocycles. The minimum Gasteiger partial charge on any atom is -0.481 e. The van der Waals surface area contributed by atoms with Crippen LogP contribution in [0.15, 0.2) is 23.6 Å². The molecule has 0 aromatic carbocycles. The molecule has 6 nitrogen and oxygen atoms in total. The van der Waals surface area contributed by atoms with Crippen LogP contribution in [-0.4, -0.2) is 45.2 Å². The van der Waals surface area contributed by atoms with Crippen molar-refractivity contribution in [1.29, 1.82) is 0 Å². The average molecular weight is 291 g/mol. The molecule has 2 aromatic rings. The first kappa shape index (κ1) is 12.9. The summed E-state index contributed by atoms with van der Waals surface area (Å²) in [6.45, 7) is 0.729. The number of rotatable bonds is 3. The van der Waals surface area contributed by atoms with Crippen molar-refractivity contribution in [3.05, 3.63) is 29.3 Å². The van der Waals surface area contributed by atoms with Crippen molar-refractivity contribution in [2.45, 2.75) is 6.42 Å². The van der Waals surface area contributed by atoms with Gasteiger partial charge in [0.25, 0.3) is 5.91 Å². The molecule has 1 aliphatic rings. The molecule has 1 unspecified atom stereocenters. The van der Waals surface area contributed by atoms with Gasteiger partial charge in [0.1, 0.15) is 0 Å². The molecule has 0 radical (unpaired) electrons. The summed E-state index contributed by atoms with van der Waals surface area (Å²) < 4.78 is 0. The smallest absolute Gasteiger partial charge is 0.308 e. The van der Waals surface area contributed by atoms with Gasteiger partial charge in [-0.15, -0.1) is 11.3 Å². The number of H-pyrrole nitrogens is 1. The average Bonchev–Trinajstić information content (AvgIpc) is 3.17. The topological polar surface area (TPSA) is 86.3 Å². The molecule has 2 N–H and O–H groups in total. The van der Waals surface area contributed by atoms with E-state index in [2.05, 4.69) is 10.2 Å². The third-order valence-electron chi connectivity index (χ3n) is 3.41. The largest absolute Gasteiger partial charge is 0.481 e. The number of thiophene rings is 1. The van der Waals surface area contributed by atoms with Crippen molar-refractivity contribution in [1.82, 2.24) is 15.1 Å². The second-order valence-corrected chi connectivity index (χ2v) is 5.67. The van der Waals surface area contributed by atoms with E-state index in [1.54, 1.807) is 22.3 Å². The molecule has 1 amide bonds. The molecule has 20 heavy (non-hydrogen) atoms. The lowest BCUT2D eigenvalue weighted by Crippen LogP contribution is -2.30. The summed E-state index contributed by atoms with van der Waals surface area (Å²) >= 11 is 1.56. The van der Waals surface area contributed by atoms with Gasteiger partial charge in [-0.05, 0) is 23.9 Å². The minimum atomic E-state index is -0.846. The van der Waals surface area contributed by atoms with E-state index in [0.29, 0.717) is 18.7 Å². The number of carbonyl (C=O) groups excluding carboxylic acids is 1. The predicted molar refractivity (Wildman–Crippen MR) is 73.5 cm³/mol. The number of carbonyl (C=O) groups is 2. The first-order chi connectivity index (χ1) is 9.65. The molecule has 0 bridgehead atoms. The van der Waals surface area contributed by atoms with Crippen LogP contribution < -0.4 is 0 Å². The molecule has 1 atom stereocenters. The molecule has 1 fully saturated rings. The standard InChI is InChI=1S/C13H13N3O3S/c17-12(16-4-3-8(7-16)13(18)19)10-6-9(14-15-10)11-2-1-5-20-11/h1-2,5-6,8H,3-4,7H2,(H,14,15)(H,18,19). The number of carboxylic acids is 1. The van der Waals surface area contributed by atoms with E-state index in [-0.39, 0.29) is 12.5 Å². The van der Waals surface area contributed by atoms with Crippen LogP contribution in [-0.2, 0) is 4.79 Å². The highest BCUT2D eigenvalue weighted by Gasteiger charge is 2.32. The zero-order chi connectivity index (χ0) is 14.1. The lowest BCUT2D eigenvalue weighted by Gasteiger charge is -2.13. The number of likely N-dealkylation sites (tertiary alicyclic amines) is 1. The highest BCUT2D eigenvalue weighted by Crippen LogP contribution is 2.24. The Bertz CT molecular complexity index is 635. The maximum Gasteiger partial charge on any atom is 0.308 e. The highest BCUT2D eigenvalue weighted by molar-refractivity contribution is 7.13. The minimum absolute atomic E-state index is 0.215. The lowest BCUT2D eigenvalue weighted by molar-refractivity contribution is -0.141. The maximum absolute atomic E-state index is 12.3. The van der Waals surface area contributed by atoms with Crippen molar-refractivity contribution < 1.29 is 14.7 Å². The Balaban J connectivity index is 1.74. The van der Waals surface area contributed by atoms with Crippen LogP contribution in [0.4, 0.5) is 0 Å². The van der Waals surface area contributed by atoms with Crippen LogP contribution in [0.3, 0.4) is 0 Å². The highest BCUT2D eigenvalue weighted by atomic mass is 32.1. The number of nitrogens with one attached hydrogen (secondary N) is 1. The van der Waals surface area contributed by atoms with Crippen molar-refractivity contribution in [2.24, 2.45) is 5.92 Å². The summed E-state index contributed by atoms with van der Waals surface area (Å²) in [6.07, 6.45) is 0.503. The molecular formula is C13H13N3O3S. The SMILES string of the molecule is O=C(O)C1CCN(C(=O)c2cc(-c3cccs3)[nH]n2)C1. The van der Waals surface area contributed by atoms with E-state index in [0.717, 1.165) is 10.6 Å². The molecular weight excluding hydrogens is 278 g/mol. The van der Waals surface area contributed by atoms with Crippen molar-refractivity contribution >= 4 is 23.2 Å². The van der Waals surface area contributed by atoms with Gasteiger partial charge in [0, 0.05) is 13.1 Å². The molecule has 104 valence electrons. The molecule has 0 spiro atoms. The zero-order valence-electron chi connectivity index (χ0n) is 10.6. The van der Waals surface area contributed by atoms with Gasteiger partial charge >= 0.3 is 5.97 Å². The lowest BCUT2D eigenvalue weighted by atomic mass is 10.1. The van der Waals surface area contributed by atoms with E-state index >= 15 is 0 Å². The summed E-state index contributed by atoms with van der Waals surface area (Å²) in [5.74, 6) is -1.52. The van der Waals surface area contributed by atoms with Gasteiger partial charge in [-0.25, -0.2) is 0 Å². The first-order valence-corrected chi connectivity index (χ1v) is 7.14. The summed E-state index contributed by atoms with van der Waals surface area (Å²) in [6, 6.07) is 5.59. The van der Waals surface area contributed by atoms with Gasteiger partial charge in [0.2, 0.25) is 0 Å². The maximum atomic E-state index is 12.3. The van der Waals surface area contributed by atoms with Gasteiger partial charge in [-0.3, -0.25) is 14.7 Å². The van der Waals surface area contributed by atoms with Crippen LogP contribution >= 0.6 is 11.3 Å². The fraction of sp³-hybridized carbons (Fsp3) is 0.308. The van der Waals surface area contributed by atoms with Crippen LogP contribution in [0.25, 0.3) is 10.6 Å². The van der Waals surface area contributed by atoms with Gasteiger partial charge in [-0.2, -0.15) is 5.10 Å². The molecule has 0 aliphatic carbocycles. The Kier molecular flexibility index (Phi) is 3.27. The molecule has 7 heteroatoms. The van der Waals surface area contributed by atoms with Gasteiger partial charge in [0.05, 0.1) is 16.5 Å². The molecule has 3 heterocycles. The summed E-state index contributed by atoms with van der Waals surface area (Å²) in [5, 5.41) is 17.8. The van der Waals surface area contributed by atoms with Crippen LogP contribution in [0.1, 0.15) is 16.9 Å². The number of aromatic amines is 1. The van der Waals surface area contributed by atoms with Gasteiger partial charge < -0.3 is 10.0 Å². The predicted octanol–water partition coefficient (Wildman–Crippen LogP) is 1.68. The number of nitrogens with zero attached hydrogens (tertiary/aromatic N) is 2. The van der Waals surface area contributed by atoms with Crippen LogP contribution in [0.2, 0.25) is 0 Å². The Morgan fingerprint density at radius 2 is 2.35 bits per heavy atom. The summed E-state index contributed by atoms with van der Waals surface area (Å²) in [5.41, 5.74) is 1.14. The molecule has 1 aliphatic heterocycles. The third kappa shape index (κ3) is 2.32.